The third-order valence-electron chi connectivity index (χ3n) is 6.05. The molecule has 2 aromatic rings. The predicted molar refractivity (Wildman–Crippen MR) is 118 cm³/mol. The molecule has 2 saturated heterocycles. The maximum atomic E-state index is 12.9. The highest BCUT2D eigenvalue weighted by Gasteiger charge is 2.25. The fourth-order valence-electron chi connectivity index (χ4n) is 4.34. The smallest absolute Gasteiger partial charge is 0.253 e. The minimum atomic E-state index is 0.00293. The van der Waals surface area contributed by atoms with Crippen molar-refractivity contribution in [2.24, 2.45) is 0 Å². The largest absolute Gasteiger partial charge is 0.342 e. The van der Waals surface area contributed by atoms with E-state index in [0.717, 1.165) is 37.9 Å². The highest BCUT2D eigenvalue weighted by Crippen LogP contribution is 2.25. The molecule has 2 aliphatic rings. The third-order valence-corrected chi connectivity index (χ3v) is 6.05. The van der Waals surface area contributed by atoms with Crippen molar-refractivity contribution in [1.82, 2.24) is 15.8 Å². The van der Waals surface area contributed by atoms with E-state index in [1.54, 1.807) is 9.80 Å². The van der Waals surface area contributed by atoms with Gasteiger partial charge in [-0.1, -0.05) is 36.4 Å². The topological polar surface area (TPSA) is 64.7 Å². The van der Waals surface area contributed by atoms with E-state index < -0.39 is 0 Å². The van der Waals surface area contributed by atoms with Crippen molar-refractivity contribution in [2.75, 3.05) is 25.0 Å². The van der Waals surface area contributed by atoms with Gasteiger partial charge in [0.15, 0.2) is 0 Å². The van der Waals surface area contributed by atoms with Crippen LogP contribution in [0.25, 0.3) is 0 Å². The summed E-state index contributed by atoms with van der Waals surface area (Å²) in [5.41, 5.74) is 9.54. The Morgan fingerprint density at radius 3 is 2.73 bits per heavy atom. The summed E-state index contributed by atoms with van der Waals surface area (Å²) in [6.45, 7) is 1.44. The Morgan fingerprint density at radius 1 is 1.13 bits per heavy atom. The van der Waals surface area contributed by atoms with E-state index in [9.17, 15) is 9.59 Å². The van der Waals surface area contributed by atoms with Crippen molar-refractivity contribution < 1.29 is 9.59 Å². The fourth-order valence-corrected chi connectivity index (χ4v) is 4.34. The lowest BCUT2D eigenvalue weighted by atomic mass is 10.00. The Hall–Kier alpha value is -2.70. The molecule has 0 bridgehead atoms. The molecule has 4 rings (SSSR count). The van der Waals surface area contributed by atoms with E-state index in [-0.39, 0.29) is 11.8 Å². The second kappa shape index (κ2) is 9.41. The number of carbonyl (C=O) groups is 2. The summed E-state index contributed by atoms with van der Waals surface area (Å²) in [7, 11) is 1.85. The van der Waals surface area contributed by atoms with Crippen LogP contribution in [-0.2, 0) is 4.79 Å². The fraction of sp³-hybridized carbons (Fsp3) is 0.417. The number of carbonyl (C=O) groups excluding carboxylic acids is 2. The predicted octanol–water partition coefficient (Wildman–Crippen LogP) is 3.27. The van der Waals surface area contributed by atoms with Crippen molar-refractivity contribution in [1.29, 1.82) is 0 Å². The number of rotatable bonds is 7. The molecule has 2 N–H and O–H groups in total. The standard InChI is InChI=1S/C24H30N4O2/c1-27(14-6-11-20-17-22(26-25-20)18-8-3-2-4-9-18)24(30)19-10-5-12-21(16-19)28-15-7-13-23(28)29/h2-5,8-10,12,16,20,22,25-26H,6-7,11,13-15,17H2,1H3. The van der Waals surface area contributed by atoms with Crippen LogP contribution in [0.5, 0.6) is 0 Å². The molecule has 6 nitrogen and oxygen atoms in total. The van der Waals surface area contributed by atoms with E-state index in [1.807, 2.05) is 37.4 Å². The first-order chi connectivity index (χ1) is 14.6. The highest BCUT2D eigenvalue weighted by molar-refractivity contribution is 5.99. The molecule has 0 aromatic heterocycles. The second-order valence-electron chi connectivity index (χ2n) is 8.25. The van der Waals surface area contributed by atoms with Crippen molar-refractivity contribution in [3.63, 3.8) is 0 Å². The van der Waals surface area contributed by atoms with Crippen LogP contribution in [0.2, 0.25) is 0 Å². The lowest BCUT2D eigenvalue weighted by Gasteiger charge is -2.20. The van der Waals surface area contributed by atoms with Crippen molar-refractivity contribution >= 4 is 17.5 Å². The first-order valence-electron chi connectivity index (χ1n) is 10.8. The van der Waals surface area contributed by atoms with Crippen LogP contribution in [-0.4, -0.2) is 42.9 Å². The van der Waals surface area contributed by atoms with Gasteiger partial charge in [-0.15, -0.1) is 0 Å². The van der Waals surface area contributed by atoms with Crippen LogP contribution < -0.4 is 15.8 Å². The second-order valence-corrected chi connectivity index (χ2v) is 8.25. The molecule has 2 aliphatic heterocycles. The first-order valence-corrected chi connectivity index (χ1v) is 10.8. The van der Waals surface area contributed by atoms with Gasteiger partial charge < -0.3 is 9.80 Å². The number of hydrazine groups is 1. The maximum absolute atomic E-state index is 12.9. The average molecular weight is 407 g/mol. The van der Waals surface area contributed by atoms with Gasteiger partial charge in [0.2, 0.25) is 5.91 Å². The molecule has 2 atom stereocenters. The van der Waals surface area contributed by atoms with E-state index in [4.69, 9.17) is 0 Å². The molecule has 0 saturated carbocycles. The summed E-state index contributed by atoms with van der Waals surface area (Å²) >= 11 is 0. The maximum Gasteiger partial charge on any atom is 0.253 e. The van der Waals surface area contributed by atoms with Gasteiger partial charge in [-0.3, -0.25) is 20.4 Å². The van der Waals surface area contributed by atoms with Crippen molar-refractivity contribution in [3.05, 3.63) is 65.7 Å². The van der Waals surface area contributed by atoms with Crippen LogP contribution in [0.3, 0.4) is 0 Å². The van der Waals surface area contributed by atoms with E-state index >= 15 is 0 Å². The Morgan fingerprint density at radius 2 is 1.97 bits per heavy atom. The Bertz CT molecular complexity index is 886. The minimum absolute atomic E-state index is 0.00293. The van der Waals surface area contributed by atoms with Gasteiger partial charge in [0.25, 0.3) is 5.91 Å². The van der Waals surface area contributed by atoms with Crippen LogP contribution in [0.15, 0.2) is 54.6 Å². The average Bonchev–Trinajstić information content (AvgIpc) is 3.43. The third kappa shape index (κ3) is 4.71. The molecule has 2 unspecified atom stereocenters. The monoisotopic (exact) mass is 406 g/mol. The summed E-state index contributed by atoms with van der Waals surface area (Å²) < 4.78 is 0. The molecule has 2 amide bonds. The quantitative estimate of drug-likeness (QED) is 0.741. The lowest BCUT2D eigenvalue weighted by Crippen LogP contribution is -2.32. The number of benzene rings is 2. The molecule has 0 radical (unpaired) electrons. The van der Waals surface area contributed by atoms with E-state index in [2.05, 4.69) is 35.1 Å². The van der Waals surface area contributed by atoms with Gasteiger partial charge >= 0.3 is 0 Å². The van der Waals surface area contributed by atoms with E-state index in [1.165, 1.54) is 5.56 Å². The first kappa shape index (κ1) is 20.6. The van der Waals surface area contributed by atoms with Crippen LogP contribution in [0.4, 0.5) is 5.69 Å². The number of hydrogen-bond donors (Lipinski definition) is 2. The number of hydrogen-bond acceptors (Lipinski definition) is 4. The van der Waals surface area contributed by atoms with Gasteiger partial charge in [0, 0.05) is 49.9 Å². The number of anilines is 1. The Balaban J connectivity index is 1.26. The van der Waals surface area contributed by atoms with Crippen molar-refractivity contribution in [3.8, 4) is 0 Å². The molecule has 0 aliphatic carbocycles. The summed E-state index contributed by atoms with van der Waals surface area (Å²) in [5.74, 6) is 0.141. The zero-order valence-corrected chi connectivity index (χ0v) is 17.5. The van der Waals surface area contributed by atoms with Crippen LogP contribution in [0.1, 0.15) is 54.1 Å². The van der Waals surface area contributed by atoms with Gasteiger partial charge in [0.05, 0.1) is 0 Å². The summed E-state index contributed by atoms with van der Waals surface area (Å²) in [6.07, 6.45) is 4.47. The van der Waals surface area contributed by atoms with Gasteiger partial charge in [-0.25, -0.2) is 0 Å². The number of amides is 2. The molecule has 0 spiro atoms. The van der Waals surface area contributed by atoms with Crippen molar-refractivity contribution in [2.45, 2.75) is 44.2 Å². The van der Waals surface area contributed by atoms with Crippen LogP contribution >= 0.6 is 0 Å². The molecule has 6 heteroatoms. The van der Waals surface area contributed by atoms with Gasteiger partial charge in [-0.05, 0) is 49.4 Å². The van der Waals surface area contributed by atoms with Crippen LogP contribution in [0, 0.1) is 0 Å². The summed E-state index contributed by atoms with van der Waals surface area (Å²) in [6, 6.07) is 18.7. The summed E-state index contributed by atoms with van der Waals surface area (Å²) in [5, 5.41) is 0. The normalized spacial score (nSPS) is 21.2. The van der Waals surface area contributed by atoms with E-state index in [0.29, 0.717) is 30.6 Å². The molecule has 30 heavy (non-hydrogen) atoms. The Labute approximate surface area is 178 Å². The number of nitrogens with one attached hydrogen (secondary N) is 2. The molecule has 2 fully saturated rings. The van der Waals surface area contributed by atoms with Gasteiger partial charge in [0.1, 0.15) is 0 Å². The zero-order valence-electron chi connectivity index (χ0n) is 17.5. The molecular formula is C24H30N4O2. The Kier molecular flexibility index (Phi) is 6.45. The van der Waals surface area contributed by atoms with Gasteiger partial charge in [-0.2, -0.15) is 0 Å². The zero-order chi connectivity index (χ0) is 20.9. The highest BCUT2D eigenvalue weighted by atomic mass is 16.2. The molecule has 158 valence electrons. The number of nitrogens with zero attached hydrogens (tertiary/aromatic N) is 2. The molecule has 2 heterocycles. The molecular weight excluding hydrogens is 376 g/mol. The lowest BCUT2D eigenvalue weighted by molar-refractivity contribution is -0.117. The summed E-state index contributed by atoms with van der Waals surface area (Å²) in [4.78, 5) is 28.4. The minimum Gasteiger partial charge on any atom is -0.342 e. The molecule has 2 aromatic carbocycles. The SMILES string of the molecule is CN(CCCC1CC(c2ccccc2)NN1)C(=O)c1cccc(N2CCCC2=O)c1.